The molecule has 3 N–H and O–H groups in total. The Hall–Kier alpha value is -2.56. The standard InChI is InChI=1S/C24H26FN3O3S3/c1-24(2,33-14-16-7-4-3-5-8-16)15-26-23(29)20-12-17-11-18(25)13-19(22(17)27-20)28-34(30,31)21-9-6-10-32-21/h3-11,13,20,27-28H,12,14-15H2,1-2H3,(H,26,29). The lowest BCUT2D eigenvalue weighted by Crippen LogP contribution is -2.43. The van der Waals surface area contributed by atoms with Crippen molar-refractivity contribution >= 4 is 50.4 Å². The van der Waals surface area contributed by atoms with Gasteiger partial charge < -0.3 is 10.6 Å². The zero-order valence-electron chi connectivity index (χ0n) is 18.8. The fraction of sp³-hybridized carbons (Fsp3) is 0.292. The van der Waals surface area contributed by atoms with Crippen molar-refractivity contribution in [2.75, 3.05) is 16.6 Å². The first-order chi connectivity index (χ1) is 16.1. The summed E-state index contributed by atoms with van der Waals surface area (Å²) in [6.07, 6.45) is 0.268. The Bertz CT molecular complexity index is 1260. The first-order valence-corrected chi connectivity index (χ1v) is 14.1. The Labute approximate surface area is 207 Å². The van der Waals surface area contributed by atoms with E-state index in [0.29, 0.717) is 17.8 Å². The molecule has 0 saturated heterocycles. The topological polar surface area (TPSA) is 87.3 Å². The van der Waals surface area contributed by atoms with Crippen molar-refractivity contribution in [2.45, 2.75) is 41.0 Å². The van der Waals surface area contributed by atoms with E-state index in [1.54, 1.807) is 23.2 Å². The summed E-state index contributed by atoms with van der Waals surface area (Å²) in [5, 5.41) is 7.73. The van der Waals surface area contributed by atoms with E-state index in [2.05, 4.69) is 41.3 Å². The smallest absolute Gasteiger partial charge is 0.271 e. The van der Waals surface area contributed by atoms with Crippen molar-refractivity contribution in [3.05, 3.63) is 76.9 Å². The van der Waals surface area contributed by atoms with Gasteiger partial charge in [-0.3, -0.25) is 9.52 Å². The maximum Gasteiger partial charge on any atom is 0.271 e. The minimum atomic E-state index is -3.85. The van der Waals surface area contributed by atoms with Gasteiger partial charge in [-0.1, -0.05) is 36.4 Å². The van der Waals surface area contributed by atoms with Crippen molar-refractivity contribution < 1.29 is 17.6 Å². The average Bonchev–Trinajstić information content (AvgIpc) is 3.48. The van der Waals surface area contributed by atoms with E-state index in [9.17, 15) is 17.6 Å². The second kappa shape index (κ2) is 9.97. The van der Waals surface area contributed by atoms with Crippen molar-refractivity contribution in [1.29, 1.82) is 0 Å². The molecule has 3 aromatic rings. The fourth-order valence-electron chi connectivity index (χ4n) is 3.62. The molecule has 1 amide bonds. The highest BCUT2D eigenvalue weighted by atomic mass is 32.2. The molecule has 2 aromatic carbocycles. The Morgan fingerprint density at radius 1 is 1.21 bits per heavy atom. The third-order valence-corrected chi connectivity index (χ3v) is 9.58. The van der Waals surface area contributed by atoms with E-state index in [0.717, 1.165) is 23.2 Å². The number of thiophene rings is 1. The number of hydrogen-bond donors (Lipinski definition) is 3. The third kappa shape index (κ3) is 5.92. The first kappa shape index (κ1) is 24.6. The van der Waals surface area contributed by atoms with Crippen LogP contribution in [-0.2, 0) is 27.0 Å². The first-order valence-electron chi connectivity index (χ1n) is 10.7. The normalized spacial score (nSPS) is 15.4. The number of benzene rings is 2. The molecule has 2 heterocycles. The second-order valence-corrected chi connectivity index (χ2v) is 13.2. The van der Waals surface area contributed by atoms with Crippen molar-refractivity contribution in [2.24, 2.45) is 0 Å². The monoisotopic (exact) mass is 519 g/mol. The molecule has 0 bridgehead atoms. The van der Waals surface area contributed by atoms with Crippen LogP contribution in [0.4, 0.5) is 15.8 Å². The van der Waals surface area contributed by atoms with Gasteiger partial charge in [-0.2, -0.15) is 0 Å². The predicted octanol–water partition coefficient (Wildman–Crippen LogP) is 4.85. The summed E-state index contributed by atoms with van der Waals surface area (Å²) in [6, 6.07) is 15.1. The number of carbonyl (C=O) groups excluding carboxylic acids is 1. The van der Waals surface area contributed by atoms with E-state index in [4.69, 9.17) is 0 Å². The molecule has 180 valence electrons. The summed E-state index contributed by atoms with van der Waals surface area (Å²) in [7, 11) is -3.85. The van der Waals surface area contributed by atoms with Gasteiger partial charge in [-0.25, -0.2) is 12.8 Å². The summed E-state index contributed by atoms with van der Waals surface area (Å²) in [4.78, 5) is 12.9. The van der Waals surface area contributed by atoms with Crippen LogP contribution in [0.5, 0.6) is 0 Å². The highest BCUT2D eigenvalue weighted by Gasteiger charge is 2.31. The summed E-state index contributed by atoms with van der Waals surface area (Å²) >= 11 is 2.83. The van der Waals surface area contributed by atoms with Gasteiger partial charge >= 0.3 is 0 Å². The second-order valence-electron chi connectivity index (χ2n) is 8.68. The Kier molecular flexibility index (Phi) is 7.20. The van der Waals surface area contributed by atoms with E-state index >= 15 is 0 Å². The molecule has 0 aliphatic carbocycles. The maximum absolute atomic E-state index is 14.2. The molecule has 0 saturated carbocycles. The van der Waals surface area contributed by atoms with Crippen molar-refractivity contribution in [3.63, 3.8) is 0 Å². The summed E-state index contributed by atoms with van der Waals surface area (Å²) < 4.78 is 41.9. The van der Waals surface area contributed by atoms with Crippen LogP contribution in [0.1, 0.15) is 25.0 Å². The number of halogens is 1. The molecule has 1 aliphatic rings. The summed E-state index contributed by atoms with van der Waals surface area (Å²) in [5.74, 6) is 0.0603. The van der Waals surface area contributed by atoms with Crippen molar-refractivity contribution in [1.82, 2.24) is 5.32 Å². The number of fused-ring (bicyclic) bond motifs is 1. The highest BCUT2D eigenvalue weighted by molar-refractivity contribution is 7.99. The van der Waals surface area contributed by atoms with E-state index < -0.39 is 21.9 Å². The van der Waals surface area contributed by atoms with Crippen molar-refractivity contribution in [3.8, 4) is 0 Å². The molecule has 1 atom stereocenters. The SMILES string of the molecule is CC(C)(CNC(=O)C1Cc2cc(F)cc(NS(=O)(=O)c3cccs3)c2N1)SCc1ccccc1. The molecule has 6 nitrogen and oxygen atoms in total. The van der Waals surface area contributed by atoms with Gasteiger partial charge in [0.05, 0.1) is 11.4 Å². The van der Waals surface area contributed by atoms with Gasteiger partial charge in [0.1, 0.15) is 16.1 Å². The Morgan fingerprint density at radius 3 is 2.68 bits per heavy atom. The predicted molar refractivity (Wildman–Crippen MR) is 137 cm³/mol. The number of rotatable bonds is 9. The van der Waals surface area contributed by atoms with Crippen LogP contribution >= 0.6 is 23.1 Å². The van der Waals surface area contributed by atoms with Gasteiger partial charge in [-0.05, 0) is 42.5 Å². The lowest BCUT2D eigenvalue weighted by Gasteiger charge is -2.25. The lowest BCUT2D eigenvalue weighted by molar-refractivity contribution is -0.121. The van der Waals surface area contributed by atoms with Gasteiger partial charge in [0, 0.05) is 29.5 Å². The zero-order valence-corrected chi connectivity index (χ0v) is 21.2. The molecule has 0 radical (unpaired) electrons. The molecule has 1 aromatic heterocycles. The number of anilines is 2. The number of hydrogen-bond acceptors (Lipinski definition) is 6. The summed E-state index contributed by atoms with van der Waals surface area (Å²) in [5.41, 5.74) is 2.30. The van der Waals surface area contributed by atoms with E-state index in [1.165, 1.54) is 17.7 Å². The van der Waals surface area contributed by atoms with E-state index in [-0.39, 0.29) is 27.0 Å². The van der Waals surface area contributed by atoms with Crippen LogP contribution in [0.25, 0.3) is 0 Å². The molecular formula is C24H26FN3O3S3. The van der Waals surface area contributed by atoms with Gasteiger partial charge in [0.25, 0.3) is 10.0 Å². The molecule has 1 unspecified atom stereocenters. The molecule has 34 heavy (non-hydrogen) atoms. The number of amides is 1. The molecule has 0 fully saturated rings. The van der Waals surface area contributed by atoms with Gasteiger partial charge in [0.2, 0.25) is 5.91 Å². The van der Waals surface area contributed by atoms with Crippen LogP contribution in [0.3, 0.4) is 0 Å². The number of nitrogens with one attached hydrogen (secondary N) is 3. The van der Waals surface area contributed by atoms with Gasteiger partial charge in [-0.15, -0.1) is 23.1 Å². The molecule has 10 heteroatoms. The average molecular weight is 520 g/mol. The molecular weight excluding hydrogens is 493 g/mol. The summed E-state index contributed by atoms with van der Waals surface area (Å²) in [6.45, 7) is 4.61. The quantitative estimate of drug-likeness (QED) is 0.376. The minimum Gasteiger partial charge on any atom is -0.371 e. The van der Waals surface area contributed by atoms with Crippen LogP contribution in [0.2, 0.25) is 0 Å². The van der Waals surface area contributed by atoms with E-state index in [1.807, 2.05) is 18.2 Å². The fourth-order valence-corrected chi connectivity index (χ4v) is 6.60. The van der Waals surface area contributed by atoms with Gasteiger partial charge in [0.15, 0.2) is 0 Å². The third-order valence-electron chi connectivity index (χ3n) is 5.41. The Morgan fingerprint density at radius 2 is 1.97 bits per heavy atom. The number of thioether (sulfide) groups is 1. The van der Waals surface area contributed by atoms with Crippen LogP contribution in [0, 0.1) is 5.82 Å². The lowest BCUT2D eigenvalue weighted by atomic mass is 10.1. The highest BCUT2D eigenvalue weighted by Crippen LogP contribution is 2.36. The molecule has 4 rings (SSSR count). The largest absolute Gasteiger partial charge is 0.371 e. The maximum atomic E-state index is 14.2. The minimum absolute atomic E-state index is 0.0949. The van der Waals surface area contributed by atoms with Crippen LogP contribution in [0.15, 0.2) is 64.2 Å². The van der Waals surface area contributed by atoms with Crippen LogP contribution in [-0.4, -0.2) is 31.7 Å². The number of carbonyl (C=O) groups is 1. The zero-order chi connectivity index (χ0) is 24.3. The molecule has 1 aliphatic heterocycles. The van der Waals surface area contributed by atoms with Crippen LogP contribution < -0.4 is 15.4 Å². The number of sulfonamides is 1. The Balaban J connectivity index is 1.39. The molecule has 0 spiro atoms.